The highest BCUT2D eigenvalue weighted by molar-refractivity contribution is 7.98. The molecule has 0 spiro atoms. The molecule has 3 nitrogen and oxygen atoms in total. The summed E-state index contributed by atoms with van der Waals surface area (Å²) in [5.74, 6) is 0.844. The van der Waals surface area contributed by atoms with Crippen molar-refractivity contribution in [1.29, 1.82) is 0 Å². The molecule has 0 saturated carbocycles. The van der Waals surface area contributed by atoms with Gasteiger partial charge in [-0.25, -0.2) is 0 Å². The molecule has 0 unspecified atom stereocenters. The first kappa shape index (κ1) is 16.4. The fraction of sp³-hybridized carbons (Fsp3) is 0.278. The number of nitrogens with one attached hydrogen (secondary N) is 1. The third-order valence-corrected chi connectivity index (χ3v) is 4.19. The maximum atomic E-state index is 12.2. The molecule has 2 rings (SSSR count). The molecule has 0 aliphatic carbocycles. The Hall–Kier alpha value is -1.94. The Morgan fingerprint density at radius 2 is 1.77 bits per heavy atom. The summed E-state index contributed by atoms with van der Waals surface area (Å²) >= 11 is 1.57. The number of para-hydroxylation sites is 1. The van der Waals surface area contributed by atoms with E-state index in [0.29, 0.717) is 18.7 Å². The minimum Gasteiger partial charge on any atom is -0.491 e. The number of amides is 1. The van der Waals surface area contributed by atoms with Gasteiger partial charge in [0.1, 0.15) is 12.4 Å². The molecule has 0 aromatic heterocycles. The van der Waals surface area contributed by atoms with E-state index in [4.69, 9.17) is 4.74 Å². The predicted molar refractivity (Wildman–Crippen MR) is 92.0 cm³/mol. The van der Waals surface area contributed by atoms with Crippen LogP contribution in [-0.4, -0.2) is 25.3 Å². The molecular weight excluding hydrogens is 294 g/mol. The third kappa shape index (κ3) is 4.04. The van der Waals surface area contributed by atoms with Gasteiger partial charge in [-0.2, -0.15) is 0 Å². The minimum atomic E-state index is -0.0601. The van der Waals surface area contributed by atoms with E-state index in [2.05, 4.69) is 5.32 Å². The molecule has 2 aromatic rings. The number of aryl methyl sites for hydroxylation is 2. The maximum Gasteiger partial charge on any atom is 0.252 e. The molecule has 0 radical (unpaired) electrons. The van der Waals surface area contributed by atoms with Gasteiger partial charge < -0.3 is 10.1 Å². The minimum absolute atomic E-state index is 0.0601. The average Bonchev–Trinajstić information content (AvgIpc) is 2.53. The molecule has 4 heteroatoms. The van der Waals surface area contributed by atoms with Crippen LogP contribution in [0.4, 0.5) is 0 Å². The van der Waals surface area contributed by atoms with E-state index < -0.39 is 0 Å². The summed E-state index contributed by atoms with van der Waals surface area (Å²) in [6, 6.07) is 13.7. The highest BCUT2D eigenvalue weighted by atomic mass is 32.2. The number of thioether (sulfide) groups is 1. The molecular formula is C18H21NO2S. The summed E-state index contributed by atoms with van der Waals surface area (Å²) in [6.45, 7) is 4.99. The Balaban J connectivity index is 1.88. The van der Waals surface area contributed by atoms with E-state index in [9.17, 15) is 4.79 Å². The zero-order chi connectivity index (χ0) is 15.9. The van der Waals surface area contributed by atoms with Crippen molar-refractivity contribution in [1.82, 2.24) is 5.32 Å². The standard InChI is InChI=1S/C18H21NO2S/c1-13-7-6-8-14(2)17(13)21-12-11-19-18(20)15-9-4-5-10-16(15)22-3/h4-10H,11-12H2,1-3H3,(H,19,20). The summed E-state index contributed by atoms with van der Waals surface area (Å²) in [7, 11) is 0. The van der Waals surface area contributed by atoms with Gasteiger partial charge in [0.25, 0.3) is 5.91 Å². The lowest BCUT2D eigenvalue weighted by molar-refractivity contribution is 0.0944. The summed E-state index contributed by atoms with van der Waals surface area (Å²) in [6.07, 6.45) is 1.97. The molecule has 1 N–H and O–H groups in total. The second-order valence-electron chi connectivity index (χ2n) is 5.03. The molecule has 0 fully saturated rings. The molecule has 0 atom stereocenters. The van der Waals surface area contributed by atoms with E-state index in [0.717, 1.165) is 21.8 Å². The first-order valence-electron chi connectivity index (χ1n) is 7.23. The molecule has 0 bridgehead atoms. The number of ether oxygens (including phenoxy) is 1. The monoisotopic (exact) mass is 315 g/mol. The van der Waals surface area contributed by atoms with Crippen LogP contribution >= 0.6 is 11.8 Å². The Kier molecular flexibility index (Phi) is 5.90. The topological polar surface area (TPSA) is 38.3 Å². The largest absolute Gasteiger partial charge is 0.491 e. The Morgan fingerprint density at radius 3 is 2.45 bits per heavy atom. The smallest absolute Gasteiger partial charge is 0.252 e. The quantitative estimate of drug-likeness (QED) is 0.650. The van der Waals surface area contributed by atoms with Gasteiger partial charge in [0.05, 0.1) is 12.1 Å². The second-order valence-corrected chi connectivity index (χ2v) is 5.87. The van der Waals surface area contributed by atoms with Gasteiger partial charge in [0.15, 0.2) is 0 Å². The van der Waals surface area contributed by atoms with Gasteiger partial charge >= 0.3 is 0 Å². The van der Waals surface area contributed by atoms with Gasteiger partial charge in [-0.05, 0) is 43.4 Å². The molecule has 0 saturated heterocycles. The van der Waals surface area contributed by atoms with Crippen LogP contribution in [0.1, 0.15) is 21.5 Å². The van der Waals surface area contributed by atoms with Crippen molar-refractivity contribution < 1.29 is 9.53 Å². The molecule has 2 aromatic carbocycles. The predicted octanol–water partition coefficient (Wildman–Crippen LogP) is 3.83. The molecule has 0 aliphatic heterocycles. The number of hydrogen-bond acceptors (Lipinski definition) is 3. The number of benzene rings is 2. The summed E-state index contributed by atoms with van der Waals surface area (Å²) < 4.78 is 5.79. The molecule has 0 aliphatic rings. The van der Waals surface area contributed by atoms with Crippen LogP contribution in [0.25, 0.3) is 0 Å². The van der Waals surface area contributed by atoms with Gasteiger partial charge in [0.2, 0.25) is 0 Å². The first-order chi connectivity index (χ1) is 10.6. The lowest BCUT2D eigenvalue weighted by Crippen LogP contribution is -2.28. The molecule has 1 amide bonds. The van der Waals surface area contributed by atoms with E-state index in [1.165, 1.54) is 0 Å². The van der Waals surface area contributed by atoms with Gasteiger partial charge in [-0.15, -0.1) is 11.8 Å². The Labute approximate surface area is 136 Å². The van der Waals surface area contributed by atoms with E-state index in [-0.39, 0.29) is 5.91 Å². The summed E-state index contributed by atoms with van der Waals surface area (Å²) in [4.78, 5) is 13.2. The normalized spacial score (nSPS) is 10.3. The zero-order valence-electron chi connectivity index (χ0n) is 13.2. The van der Waals surface area contributed by atoms with Crippen LogP contribution in [0.2, 0.25) is 0 Å². The van der Waals surface area contributed by atoms with Crippen molar-refractivity contribution in [3.63, 3.8) is 0 Å². The van der Waals surface area contributed by atoms with Gasteiger partial charge in [0, 0.05) is 4.90 Å². The highest BCUT2D eigenvalue weighted by Gasteiger charge is 2.09. The molecule has 22 heavy (non-hydrogen) atoms. The Morgan fingerprint density at radius 1 is 1.09 bits per heavy atom. The van der Waals surface area contributed by atoms with Crippen molar-refractivity contribution in [3.05, 3.63) is 59.2 Å². The lowest BCUT2D eigenvalue weighted by atomic mass is 10.1. The van der Waals surface area contributed by atoms with Crippen LogP contribution in [0, 0.1) is 13.8 Å². The fourth-order valence-corrected chi connectivity index (χ4v) is 2.87. The van der Waals surface area contributed by atoms with Crippen LogP contribution in [-0.2, 0) is 0 Å². The number of carbonyl (C=O) groups is 1. The lowest BCUT2D eigenvalue weighted by Gasteiger charge is -2.13. The summed E-state index contributed by atoms with van der Waals surface area (Å²) in [5.41, 5.74) is 2.93. The van der Waals surface area contributed by atoms with Crippen LogP contribution < -0.4 is 10.1 Å². The van der Waals surface area contributed by atoms with Crippen molar-refractivity contribution in [2.45, 2.75) is 18.7 Å². The highest BCUT2D eigenvalue weighted by Crippen LogP contribution is 2.22. The number of rotatable bonds is 6. The molecule has 116 valence electrons. The van der Waals surface area contributed by atoms with Gasteiger partial charge in [-0.1, -0.05) is 30.3 Å². The van der Waals surface area contributed by atoms with Crippen LogP contribution in [0.5, 0.6) is 5.75 Å². The van der Waals surface area contributed by atoms with Crippen LogP contribution in [0.15, 0.2) is 47.4 Å². The van der Waals surface area contributed by atoms with Crippen molar-refractivity contribution in [2.75, 3.05) is 19.4 Å². The SMILES string of the molecule is CSc1ccccc1C(=O)NCCOc1c(C)cccc1C. The third-order valence-electron chi connectivity index (χ3n) is 3.39. The van der Waals surface area contributed by atoms with Crippen molar-refractivity contribution in [2.24, 2.45) is 0 Å². The van der Waals surface area contributed by atoms with E-state index >= 15 is 0 Å². The zero-order valence-corrected chi connectivity index (χ0v) is 14.0. The van der Waals surface area contributed by atoms with Gasteiger partial charge in [-0.3, -0.25) is 4.79 Å². The van der Waals surface area contributed by atoms with E-state index in [1.54, 1.807) is 11.8 Å². The second kappa shape index (κ2) is 7.90. The fourth-order valence-electron chi connectivity index (χ4n) is 2.27. The van der Waals surface area contributed by atoms with Crippen molar-refractivity contribution in [3.8, 4) is 5.75 Å². The summed E-state index contributed by atoms with van der Waals surface area (Å²) in [5, 5.41) is 2.91. The van der Waals surface area contributed by atoms with E-state index in [1.807, 2.05) is 62.6 Å². The van der Waals surface area contributed by atoms with Crippen molar-refractivity contribution >= 4 is 17.7 Å². The van der Waals surface area contributed by atoms with Crippen LogP contribution in [0.3, 0.4) is 0 Å². The number of hydrogen-bond donors (Lipinski definition) is 1. The first-order valence-corrected chi connectivity index (χ1v) is 8.46. The average molecular weight is 315 g/mol. The maximum absolute atomic E-state index is 12.2. The molecule has 0 heterocycles. The Bertz CT molecular complexity index is 635. The number of carbonyl (C=O) groups excluding carboxylic acids is 1.